The molecule has 26 heteroatoms. The number of carbonyl (C=O) groups excluding carboxylic acids is 6. The zero-order chi connectivity index (χ0) is 77.7. The van der Waals surface area contributed by atoms with Crippen LogP contribution in [-0.2, 0) is 89.0 Å². The normalized spacial score (nSPS) is 26.9. The van der Waals surface area contributed by atoms with Gasteiger partial charge in [-0.05, 0) is 56.8 Å². The van der Waals surface area contributed by atoms with Crippen molar-refractivity contribution in [3.05, 3.63) is 109 Å². The average molecular weight is 1470 g/mol. The summed E-state index contributed by atoms with van der Waals surface area (Å²) in [5.41, 5.74) is -1.43. The Balaban J connectivity index is 1.98. The number of amides is 2. The summed E-state index contributed by atoms with van der Waals surface area (Å²) in [5, 5.41) is 47.1. The summed E-state index contributed by atoms with van der Waals surface area (Å²) in [6.07, 6.45) is 16.2. The largest absolute Gasteiger partial charge is 0.462 e. The summed E-state index contributed by atoms with van der Waals surface area (Å²) in [7, 11) is 15.4. The van der Waals surface area contributed by atoms with Crippen LogP contribution in [0.15, 0.2) is 94.5 Å². The molecule has 4 bridgehead atoms. The summed E-state index contributed by atoms with van der Waals surface area (Å²) >= 11 is 0. The van der Waals surface area contributed by atoms with Crippen LogP contribution >= 0.6 is 0 Å². The fourth-order valence-electron chi connectivity index (χ4n) is 12.5. The smallest absolute Gasteiger partial charge is 0.308 e. The number of methoxy groups -OCH3 is 8. The van der Waals surface area contributed by atoms with Crippen molar-refractivity contribution in [1.82, 2.24) is 19.8 Å². The molecule has 0 saturated carbocycles. The molecule has 0 saturated heterocycles. The number of carbonyl (C=O) groups is 6. The van der Waals surface area contributed by atoms with Crippen molar-refractivity contribution in [2.45, 2.75) is 244 Å². The van der Waals surface area contributed by atoms with Gasteiger partial charge < -0.3 is 86.4 Å². The number of ketones is 2. The van der Waals surface area contributed by atoms with E-state index in [9.17, 15) is 49.2 Å². The van der Waals surface area contributed by atoms with E-state index in [0.29, 0.717) is 62.7 Å². The Bertz CT molecular complexity index is 3010. The lowest BCUT2D eigenvalue weighted by molar-refractivity contribution is -0.168. The molecule has 2 amide bonds. The van der Waals surface area contributed by atoms with Gasteiger partial charge >= 0.3 is 11.9 Å². The van der Waals surface area contributed by atoms with Gasteiger partial charge in [-0.2, -0.15) is 0 Å². The van der Waals surface area contributed by atoms with Gasteiger partial charge in [0.15, 0.2) is 11.8 Å². The van der Waals surface area contributed by atoms with E-state index < -0.39 is 133 Å². The number of aliphatic hydroxyl groups excluding tert-OH is 4. The molecule has 104 heavy (non-hydrogen) atoms. The van der Waals surface area contributed by atoms with Crippen LogP contribution in [-0.4, -0.2) is 221 Å². The van der Waals surface area contributed by atoms with E-state index in [0.717, 1.165) is 0 Å². The van der Waals surface area contributed by atoms with E-state index in [2.05, 4.69) is 0 Å². The lowest BCUT2D eigenvalue weighted by atomic mass is 9.75. The Morgan fingerprint density at radius 2 is 0.990 bits per heavy atom. The summed E-state index contributed by atoms with van der Waals surface area (Å²) in [4.78, 5) is 89.8. The molecule has 0 aromatic carbocycles. The number of aromatic nitrogens is 2. The number of aliphatic hydroxyl groups is 4. The van der Waals surface area contributed by atoms with Crippen molar-refractivity contribution in [3.63, 3.8) is 0 Å². The highest BCUT2D eigenvalue weighted by atomic mass is 16.6. The second-order valence-electron chi connectivity index (χ2n) is 28.6. The van der Waals surface area contributed by atoms with Gasteiger partial charge in [0, 0.05) is 138 Å². The van der Waals surface area contributed by atoms with Crippen molar-refractivity contribution >= 4 is 36.3 Å². The zero-order valence-corrected chi connectivity index (χ0v) is 64.9. The molecule has 0 unspecified atom stereocenters. The molecule has 0 aliphatic carbocycles. The maximum Gasteiger partial charge on any atom is 0.308 e. The van der Waals surface area contributed by atoms with Crippen LogP contribution in [0.3, 0.4) is 0 Å². The molecular formula is C78H124N4O22. The first-order valence-electron chi connectivity index (χ1n) is 36.0. The van der Waals surface area contributed by atoms with E-state index in [1.165, 1.54) is 65.0 Å². The Morgan fingerprint density at radius 3 is 1.40 bits per heavy atom. The second-order valence-corrected chi connectivity index (χ2v) is 28.6. The topological polar surface area (TPSA) is 334 Å². The molecule has 4 N–H and O–H groups in total. The van der Waals surface area contributed by atoms with Crippen LogP contribution in [0.4, 0.5) is 0 Å². The quantitative estimate of drug-likeness (QED) is 0.0391. The molecule has 0 spiro atoms. The highest BCUT2D eigenvalue weighted by Gasteiger charge is 2.44. The Kier molecular flexibility index (Phi) is 42.4. The third-order valence-electron chi connectivity index (χ3n) is 20.2. The van der Waals surface area contributed by atoms with Gasteiger partial charge in [0.1, 0.15) is 59.9 Å². The molecule has 1 aliphatic rings. The van der Waals surface area contributed by atoms with Crippen LogP contribution in [0, 0.1) is 34.5 Å². The van der Waals surface area contributed by atoms with Gasteiger partial charge in [-0.25, -0.2) is 9.97 Å². The lowest BCUT2D eigenvalue weighted by Gasteiger charge is -2.40. The predicted molar refractivity (Wildman–Crippen MR) is 390 cm³/mol. The van der Waals surface area contributed by atoms with Crippen LogP contribution in [0.25, 0.3) is 0 Å². The Labute approximate surface area is 616 Å². The number of nitrogens with zero attached hydrogens (tertiary/aromatic N) is 4. The fraction of sp³-hybridized carbons (Fsp3) is 0.692. The molecule has 588 valence electrons. The van der Waals surface area contributed by atoms with Crippen molar-refractivity contribution in [3.8, 4) is 0 Å². The first kappa shape index (κ1) is 91.8. The number of oxazole rings is 2. The van der Waals surface area contributed by atoms with Gasteiger partial charge in [0.25, 0.3) is 0 Å². The number of rotatable bonds is 32. The standard InChI is InChI=1S/C78H124N4O22/c1-51(33-34-61(87)53(3)64(96-14)31-25-37-81(9)49-83)68(100-18)44-72-78(7,8)70(90)46-74-80-60(48-102-74)67(99-17)30-24-19-21-27-57(93-11)40-55(85)42-75(91)103-71(36-35-63(95-13)52(2)39-62(88)54(4)65(97-15)32-26-38-82(10)50-84)77(5,6)69(89)45-73-79-59(47-101-73)66(98-16)29-23-20-22-28-58(94-12)41-56(86)43-76(92)104-72/h19-28,37-38,47-58,63-72,85-86,89-90H,29-36,39-46H2,1-18H3/b23-20+,24-19+,27-21+,28-22+,37-25+,38-26+/t51-,52-,53-,54-,55-,56-,57-,58-,63-,64+,65+,66-,67-,68-,69-,70-,71-,72-/m0/s1. The highest BCUT2D eigenvalue weighted by Crippen LogP contribution is 2.38. The van der Waals surface area contributed by atoms with E-state index in [1.54, 1.807) is 117 Å². The molecular weight excluding hydrogens is 1340 g/mol. The molecule has 18 atom stereocenters. The van der Waals surface area contributed by atoms with Crippen molar-refractivity contribution in [2.24, 2.45) is 34.5 Å². The molecule has 0 fully saturated rings. The van der Waals surface area contributed by atoms with Crippen LogP contribution in [0.1, 0.15) is 181 Å². The molecule has 0 radical (unpaired) electrons. The number of esters is 2. The van der Waals surface area contributed by atoms with Gasteiger partial charge in [0.2, 0.25) is 12.8 Å². The van der Waals surface area contributed by atoms with Crippen LogP contribution in [0.2, 0.25) is 0 Å². The summed E-state index contributed by atoms with van der Waals surface area (Å²) in [6.45, 7) is 14.5. The number of hydrogen-bond donors (Lipinski definition) is 4. The minimum Gasteiger partial charge on any atom is -0.462 e. The third-order valence-corrected chi connectivity index (χ3v) is 20.2. The maximum atomic E-state index is 14.1. The molecule has 3 rings (SSSR count). The van der Waals surface area contributed by atoms with Crippen molar-refractivity contribution in [2.75, 3.05) is 71.0 Å². The number of fused-ring (bicyclic) bond motifs is 4. The van der Waals surface area contributed by atoms with Crippen molar-refractivity contribution < 1.29 is 105 Å². The van der Waals surface area contributed by atoms with Gasteiger partial charge in [-0.1, -0.05) is 116 Å². The van der Waals surface area contributed by atoms with E-state index >= 15 is 0 Å². The number of Topliss-reactive ketones (excluding diaryl/α,β-unsaturated/α-hetero) is 2. The second kappa shape index (κ2) is 48.0. The van der Waals surface area contributed by atoms with E-state index in [1.807, 2.05) is 39.8 Å². The summed E-state index contributed by atoms with van der Waals surface area (Å²) in [6, 6.07) is 0. The number of ether oxygens (including phenoxy) is 10. The number of allylic oxidation sites excluding steroid dienone is 4. The first-order valence-corrected chi connectivity index (χ1v) is 36.0. The van der Waals surface area contributed by atoms with Gasteiger partial charge in [0.05, 0.1) is 86.7 Å². The zero-order valence-electron chi connectivity index (χ0n) is 64.9. The lowest BCUT2D eigenvalue weighted by Crippen LogP contribution is -2.46. The molecule has 3 heterocycles. The Morgan fingerprint density at radius 1 is 0.567 bits per heavy atom. The Hall–Kier alpha value is -6.40. The minimum absolute atomic E-state index is 0.0191. The third kappa shape index (κ3) is 31.2. The van der Waals surface area contributed by atoms with Crippen LogP contribution < -0.4 is 0 Å². The minimum atomic E-state index is -1.21. The molecule has 2 aromatic heterocycles. The molecule has 1 aliphatic heterocycles. The average Bonchev–Trinajstić information content (AvgIpc) is 1.07. The maximum absolute atomic E-state index is 14.1. The van der Waals surface area contributed by atoms with Crippen molar-refractivity contribution in [1.29, 1.82) is 0 Å². The molecule has 26 nitrogen and oxygen atoms in total. The monoisotopic (exact) mass is 1470 g/mol. The van der Waals surface area contributed by atoms with Gasteiger partial charge in [-0.3, -0.25) is 28.8 Å². The number of cyclic esters (lactones) is 2. The first-order chi connectivity index (χ1) is 49.4. The summed E-state index contributed by atoms with van der Waals surface area (Å²) < 4.78 is 70.8. The fourth-order valence-corrected chi connectivity index (χ4v) is 12.5. The predicted octanol–water partition coefficient (Wildman–Crippen LogP) is 9.82. The van der Waals surface area contributed by atoms with Crippen LogP contribution in [0.5, 0.6) is 0 Å². The van der Waals surface area contributed by atoms with E-state index in [-0.39, 0.29) is 86.6 Å². The highest BCUT2D eigenvalue weighted by molar-refractivity contribution is 5.82. The van der Waals surface area contributed by atoms with Gasteiger partial charge in [-0.15, -0.1) is 0 Å². The van der Waals surface area contributed by atoms with E-state index in [4.69, 9.17) is 66.2 Å². The number of hydrogen-bond acceptors (Lipinski definition) is 24. The molecule has 2 aromatic rings. The summed E-state index contributed by atoms with van der Waals surface area (Å²) in [5.74, 6) is -2.56. The SMILES string of the molecule is CO[C@H]1C/C=C/C=C/[C@H](OC)C[C@H](O)CC(=O)O[C@@H](C[C@H](OC)[C@@H](C)CCC(=O)[C@H](C)[C@@H](C/C=C/N(C)C=O)OC)C(C)(C)[C@@H](O)Cc2nc(co2)[C@@H](OC)C/C=C/C=C/[C@H](OC)C[C@H](O)CC(=O)O[C@@H](CC[C@H](OC)[C@@H](C)CC(=O)[C@H](C)[C@@H](C/C=C/N(C)C=O)OC)C(C)(C)[C@@H](O)Cc2nc1co2.